The molecule has 5 nitrogen and oxygen atoms in total. The first-order chi connectivity index (χ1) is 12.5. The van der Waals surface area contributed by atoms with Crippen LogP contribution in [0.15, 0.2) is 24.3 Å². The van der Waals surface area contributed by atoms with Gasteiger partial charge in [-0.25, -0.2) is 4.39 Å². The molecule has 2 fully saturated rings. The molecule has 2 aliphatic heterocycles. The Morgan fingerprint density at radius 1 is 1.27 bits per heavy atom. The van der Waals surface area contributed by atoms with Crippen molar-refractivity contribution in [2.45, 2.75) is 31.3 Å². The average molecular weight is 362 g/mol. The maximum Gasteiger partial charge on any atom is 0.236 e. The minimum atomic E-state index is -0.211. The van der Waals surface area contributed by atoms with Gasteiger partial charge in [-0.1, -0.05) is 18.2 Å². The van der Waals surface area contributed by atoms with Crippen molar-refractivity contribution in [3.05, 3.63) is 35.6 Å². The normalized spacial score (nSPS) is 21.2. The molecule has 2 aliphatic rings. The molecule has 0 bridgehead atoms. The molecule has 3 rings (SSSR count). The number of benzene rings is 1. The van der Waals surface area contributed by atoms with Crippen LogP contribution in [0, 0.1) is 5.82 Å². The minimum Gasteiger partial charge on any atom is -0.340 e. The number of nitrogens with zero attached hydrogens (tertiary/aromatic N) is 3. The summed E-state index contributed by atoms with van der Waals surface area (Å²) >= 11 is 0. The number of carbonyl (C=O) groups is 1. The first-order valence-electron chi connectivity index (χ1n) is 9.62. The van der Waals surface area contributed by atoms with Crippen molar-refractivity contribution in [3.63, 3.8) is 0 Å². The molecular weight excluding hydrogens is 331 g/mol. The van der Waals surface area contributed by atoms with Crippen LogP contribution in [0.5, 0.6) is 0 Å². The summed E-state index contributed by atoms with van der Waals surface area (Å²) in [7, 11) is 4.08. The number of hydrogen-bond donors (Lipinski definition) is 1. The molecule has 0 atom stereocenters. The average Bonchev–Trinajstić information content (AvgIpc) is 2.78. The molecule has 6 heteroatoms. The highest BCUT2D eigenvalue weighted by atomic mass is 19.1. The fraction of sp³-hybridized carbons (Fsp3) is 0.650. The summed E-state index contributed by atoms with van der Waals surface area (Å²) in [5.74, 6) is -0.0612. The summed E-state index contributed by atoms with van der Waals surface area (Å²) in [5.41, 5.74) is 0.731. The van der Waals surface area contributed by atoms with Crippen molar-refractivity contribution in [1.29, 1.82) is 0 Å². The summed E-state index contributed by atoms with van der Waals surface area (Å²) < 4.78 is 13.8. The molecule has 0 aliphatic carbocycles. The highest BCUT2D eigenvalue weighted by Gasteiger charge is 2.40. The summed E-state index contributed by atoms with van der Waals surface area (Å²) in [6.07, 6.45) is 3.17. The zero-order chi connectivity index (χ0) is 18.6. The lowest BCUT2D eigenvalue weighted by atomic mass is 9.86. The largest absolute Gasteiger partial charge is 0.340 e. The number of amides is 1. The van der Waals surface area contributed by atoms with Crippen LogP contribution in [-0.2, 0) is 11.3 Å². The van der Waals surface area contributed by atoms with Gasteiger partial charge in [-0.05, 0) is 52.5 Å². The summed E-state index contributed by atoms with van der Waals surface area (Å²) in [6.45, 7) is 5.45. The van der Waals surface area contributed by atoms with Gasteiger partial charge in [-0.15, -0.1) is 0 Å². The molecule has 2 heterocycles. The Morgan fingerprint density at radius 2 is 2.00 bits per heavy atom. The number of piperidine rings is 1. The smallest absolute Gasteiger partial charge is 0.236 e. The van der Waals surface area contributed by atoms with Crippen molar-refractivity contribution in [3.8, 4) is 0 Å². The number of halogens is 1. The van der Waals surface area contributed by atoms with Gasteiger partial charge >= 0.3 is 0 Å². The molecule has 1 amide bonds. The fourth-order valence-corrected chi connectivity index (χ4v) is 4.24. The van der Waals surface area contributed by atoms with E-state index < -0.39 is 0 Å². The van der Waals surface area contributed by atoms with Crippen LogP contribution in [0.2, 0.25) is 0 Å². The number of carbonyl (C=O) groups excluding carboxylic acids is 1. The molecule has 1 aromatic carbocycles. The second kappa shape index (κ2) is 8.46. The van der Waals surface area contributed by atoms with E-state index in [0.29, 0.717) is 18.7 Å². The van der Waals surface area contributed by atoms with E-state index >= 15 is 0 Å². The monoisotopic (exact) mass is 362 g/mol. The number of hydrogen-bond acceptors (Lipinski definition) is 4. The van der Waals surface area contributed by atoms with Crippen molar-refractivity contribution < 1.29 is 9.18 Å². The molecule has 0 unspecified atom stereocenters. The van der Waals surface area contributed by atoms with Gasteiger partial charge in [0.05, 0.1) is 6.54 Å². The Labute approximate surface area is 156 Å². The molecule has 2 saturated heterocycles. The van der Waals surface area contributed by atoms with Crippen molar-refractivity contribution >= 4 is 5.91 Å². The van der Waals surface area contributed by atoms with Crippen molar-refractivity contribution in [2.24, 2.45) is 0 Å². The Kier molecular flexibility index (Phi) is 6.27. The SMILES string of the molecule is CN(CC(=O)N1CCCN(C)C2(CCNCC2)C1)Cc1ccccc1F. The lowest BCUT2D eigenvalue weighted by Crippen LogP contribution is -2.58. The Bertz CT molecular complexity index is 618. The minimum absolute atomic E-state index is 0.0987. The van der Waals surface area contributed by atoms with Gasteiger partial charge in [0.1, 0.15) is 5.82 Å². The van der Waals surface area contributed by atoms with E-state index in [1.54, 1.807) is 12.1 Å². The molecular formula is C20H31FN4O. The molecule has 144 valence electrons. The molecule has 1 spiro atoms. The Morgan fingerprint density at radius 3 is 2.73 bits per heavy atom. The van der Waals surface area contributed by atoms with Gasteiger partial charge in [-0.3, -0.25) is 14.6 Å². The summed E-state index contributed by atoms with van der Waals surface area (Å²) in [5, 5.41) is 3.43. The molecule has 1 aromatic rings. The van der Waals surface area contributed by atoms with Gasteiger partial charge in [0.2, 0.25) is 5.91 Å². The Balaban J connectivity index is 1.62. The third-order valence-corrected chi connectivity index (χ3v) is 5.91. The van der Waals surface area contributed by atoms with Gasteiger partial charge in [0.25, 0.3) is 0 Å². The molecule has 26 heavy (non-hydrogen) atoms. The summed E-state index contributed by atoms with van der Waals surface area (Å²) in [6, 6.07) is 6.77. The molecule has 0 radical (unpaired) electrons. The van der Waals surface area contributed by atoms with E-state index in [1.807, 2.05) is 22.9 Å². The predicted molar refractivity (Wildman–Crippen MR) is 101 cm³/mol. The second-order valence-corrected chi connectivity index (χ2v) is 7.83. The molecule has 0 aromatic heterocycles. The van der Waals surface area contributed by atoms with Crippen LogP contribution in [0.4, 0.5) is 4.39 Å². The number of likely N-dealkylation sites (N-methyl/N-ethyl adjacent to an activating group) is 2. The molecule has 0 saturated carbocycles. The van der Waals surface area contributed by atoms with Crippen LogP contribution in [0.1, 0.15) is 24.8 Å². The quantitative estimate of drug-likeness (QED) is 0.882. The topological polar surface area (TPSA) is 38.8 Å². The maximum atomic E-state index is 13.8. The maximum absolute atomic E-state index is 13.8. The van der Waals surface area contributed by atoms with Crippen LogP contribution >= 0.6 is 0 Å². The van der Waals surface area contributed by atoms with E-state index in [2.05, 4.69) is 17.3 Å². The van der Waals surface area contributed by atoms with E-state index in [-0.39, 0.29) is 17.3 Å². The Hall–Kier alpha value is -1.50. The first kappa shape index (κ1) is 19.3. The van der Waals surface area contributed by atoms with Gasteiger partial charge < -0.3 is 10.2 Å². The number of nitrogens with one attached hydrogen (secondary N) is 1. The standard InChI is InChI=1S/C20H31FN4O/c1-23(14-17-6-3-4-7-18(17)21)15-19(26)25-13-5-12-24(2)20(16-25)8-10-22-11-9-20/h3-4,6-7,22H,5,8-16H2,1-2H3. The third kappa shape index (κ3) is 4.42. The lowest BCUT2D eigenvalue weighted by Gasteiger charge is -2.45. The van der Waals surface area contributed by atoms with Gasteiger partial charge in [-0.2, -0.15) is 0 Å². The highest BCUT2D eigenvalue weighted by molar-refractivity contribution is 5.78. The van der Waals surface area contributed by atoms with Crippen molar-refractivity contribution in [1.82, 2.24) is 20.0 Å². The zero-order valence-electron chi connectivity index (χ0n) is 16.0. The third-order valence-electron chi connectivity index (χ3n) is 5.91. The van der Waals surface area contributed by atoms with Crippen LogP contribution in [-0.4, -0.2) is 79.5 Å². The number of rotatable bonds is 4. The van der Waals surface area contributed by atoms with Gasteiger partial charge in [0.15, 0.2) is 0 Å². The predicted octanol–water partition coefficient (Wildman–Crippen LogP) is 1.54. The van der Waals surface area contributed by atoms with Crippen LogP contribution < -0.4 is 5.32 Å². The highest BCUT2D eigenvalue weighted by Crippen LogP contribution is 2.29. The molecule has 1 N–H and O–H groups in total. The van der Waals surface area contributed by atoms with Crippen molar-refractivity contribution in [2.75, 3.05) is 53.4 Å². The first-order valence-corrected chi connectivity index (χ1v) is 9.62. The van der Waals surface area contributed by atoms with Crippen LogP contribution in [0.3, 0.4) is 0 Å². The van der Waals surface area contributed by atoms with Gasteiger partial charge in [0, 0.05) is 37.3 Å². The van der Waals surface area contributed by atoms with E-state index in [4.69, 9.17) is 0 Å². The van der Waals surface area contributed by atoms with E-state index in [1.165, 1.54) is 6.07 Å². The fourth-order valence-electron chi connectivity index (χ4n) is 4.24. The lowest BCUT2D eigenvalue weighted by molar-refractivity contribution is -0.133. The summed E-state index contributed by atoms with van der Waals surface area (Å²) in [4.78, 5) is 19.3. The van der Waals surface area contributed by atoms with E-state index in [0.717, 1.165) is 52.0 Å². The zero-order valence-corrected chi connectivity index (χ0v) is 16.0. The second-order valence-electron chi connectivity index (χ2n) is 7.83. The van der Waals surface area contributed by atoms with E-state index in [9.17, 15) is 9.18 Å². The van der Waals surface area contributed by atoms with Crippen LogP contribution in [0.25, 0.3) is 0 Å².